The van der Waals surface area contributed by atoms with Gasteiger partial charge in [-0.25, -0.2) is 13.1 Å². The topological polar surface area (TPSA) is 72.2 Å². The lowest BCUT2D eigenvalue weighted by Crippen LogP contribution is -2.27. The second-order valence-corrected chi connectivity index (χ2v) is 7.74. The van der Waals surface area contributed by atoms with Crippen molar-refractivity contribution in [2.24, 2.45) is 5.73 Å². The first-order valence-electron chi connectivity index (χ1n) is 6.79. The lowest BCUT2D eigenvalue weighted by molar-refractivity contribution is 0.577. The van der Waals surface area contributed by atoms with Crippen LogP contribution < -0.4 is 10.5 Å². The first kappa shape index (κ1) is 17.5. The molecule has 0 saturated carbocycles. The average molecular weight is 316 g/mol. The number of nitrogens with two attached hydrogens (primary N) is 1. The Morgan fingerprint density at radius 1 is 1.40 bits per heavy atom. The molecule has 1 aromatic rings. The molecule has 0 saturated heterocycles. The summed E-state index contributed by atoms with van der Waals surface area (Å²) in [5.74, 6) is 0. The van der Waals surface area contributed by atoms with Crippen LogP contribution in [0.4, 0.5) is 0 Å². The van der Waals surface area contributed by atoms with Crippen LogP contribution in [0.1, 0.15) is 31.4 Å². The Morgan fingerprint density at radius 2 is 2.10 bits per heavy atom. The number of hydrogen-bond acceptors (Lipinski definition) is 4. The summed E-state index contributed by atoms with van der Waals surface area (Å²) in [4.78, 5) is 0.361. The van der Waals surface area contributed by atoms with Crippen molar-refractivity contribution >= 4 is 21.8 Å². The third-order valence-corrected chi connectivity index (χ3v) is 5.87. The normalized spacial score (nSPS) is 13.4. The predicted octanol–water partition coefficient (Wildman–Crippen LogP) is 2.13. The van der Waals surface area contributed by atoms with Crippen molar-refractivity contribution in [1.29, 1.82) is 0 Å². The van der Waals surface area contributed by atoms with Crippen LogP contribution >= 0.6 is 11.8 Å². The Morgan fingerprint density at radius 3 is 2.65 bits per heavy atom. The number of thioether (sulfide) groups is 1. The molecule has 0 aromatic heterocycles. The van der Waals surface area contributed by atoms with E-state index in [4.69, 9.17) is 5.73 Å². The molecular weight excluding hydrogens is 292 g/mol. The zero-order valence-electron chi connectivity index (χ0n) is 12.3. The predicted molar refractivity (Wildman–Crippen MR) is 86.5 cm³/mol. The van der Waals surface area contributed by atoms with Gasteiger partial charge in [-0.1, -0.05) is 26.0 Å². The first-order valence-corrected chi connectivity index (χ1v) is 9.56. The van der Waals surface area contributed by atoms with Crippen molar-refractivity contribution in [1.82, 2.24) is 4.72 Å². The maximum absolute atomic E-state index is 12.4. The Bertz CT molecular complexity index is 530. The molecule has 3 N–H and O–H groups in total. The number of hydrogen-bond donors (Lipinski definition) is 2. The number of nitrogens with one attached hydrogen (secondary N) is 1. The van der Waals surface area contributed by atoms with E-state index in [1.807, 2.05) is 25.3 Å². The molecule has 114 valence electrons. The van der Waals surface area contributed by atoms with Gasteiger partial charge in [-0.05, 0) is 36.3 Å². The number of sulfonamides is 1. The number of aryl methyl sites for hydroxylation is 1. The molecule has 0 aliphatic heterocycles. The zero-order chi connectivity index (χ0) is 15.2. The second kappa shape index (κ2) is 8.02. The van der Waals surface area contributed by atoms with Gasteiger partial charge < -0.3 is 5.73 Å². The Labute approximate surface area is 126 Å². The Hall–Kier alpha value is -0.560. The summed E-state index contributed by atoms with van der Waals surface area (Å²) in [5, 5.41) is 0.443. The number of benzene rings is 1. The van der Waals surface area contributed by atoms with Crippen molar-refractivity contribution in [2.45, 2.75) is 43.4 Å². The van der Waals surface area contributed by atoms with E-state index in [0.29, 0.717) is 29.7 Å². The van der Waals surface area contributed by atoms with Gasteiger partial charge in [-0.3, -0.25) is 0 Å². The molecule has 0 aliphatic rings. The molecule has 0 heterocycles. The molecule has 0 aliphatic carbocycles. The van der Waals surface area contributed by atoms with E-state index in [-0.39, 0.29) is 0 Å². The van der Waals surface area contributed by atoms with E-state index < -0.39 is 10.0 Å². The highest BCUT2D eigenvalue weighted by molar-refractivity contribution is 7.99. The van der Waals surface area contributed by atoms with Gasteiger partial charge in [0.1, 0.15) is 0 Å². The second-order valence-electron chi connectivity index (χ2n) is 4.73. The molecule has 4 nitrogen and oxygen atoms in total. The summed E-state index contributed by atoms with van der Waals surface area (Å²) in [6, 6.07) is 5.41. The van der Waals surface area contributed by atoms with Gasteiger partial charge in [0.15, 0.2) is 0 Å². The minimum atomic E-state index is -3.45. The van der Waals surface area contributed by atoms with E-state index in [1.54, 1.807) is 17.8 Å². The summed E-state index contributed by atoms with van der Waals surface area (Å²) in [6.07, 6.45) is 3.53. The molecule has 1 aromatic carbocycles. The lowest BCUT2D eigenvalue weighted by Gasteiger charge is -2.13. The Kier molecular flexibility index (Phi) is 7.02. The van der Waals surface area contributed by atoms with Crippen LogP contribution in [-0.4, -0.2) is 26.5 Å². The van der Waals surface area contributed by atoms with Crippen LogP contribution in [0.5, 0.6) is 0 Å². The lowest BCUT2D eigenvalue weighted by atomic mass is 10.1. The van der Waals surface area contributed by atoms with Crippen LogP contribution in [0.15, 0.2) is 23.1 Å². The molecule has 1 unspecified atom stereocenters. The standard InChI is InChI=1S/C14H24N2O2S2/c1-4-13-6-5-12(10-15)9-14(13)20(17,18)16-8-7-11(2)19-3/h5-6,9,11,16H,4,7-8,10,15H2,1-3H3. The van der Waals surface area contributed by atoms with Gasteiger partial charge in [0.05, 0.1) is 4.90 Å². The van der Waals surface area contributed by atoms with E-state index in [2.05, 4.69) is 11.6 Å². The third-order valence-electron chi connectivity index (χ3n) is 3.28. The Balaban J connectivity index is 2.90. The van der Waals surface area contributed by atoms with Gasteiger partial charge >= 0.3 is 0 Å². The average Bonchev–Trinajstić information content (AvgIpc) is 2.46. The van der Waals surface area contributed by atoms with E-state index >= 15 is 0 Å². The van der Waals surface area contributed by atoms with Gasteiger partial charge in [-0.15, -0.1) is 0 Å². The number of rotatable bonds is 8. The fourth-order valence-corrected chi connectivity index (χ4v) is 3.62. The van der Waals surface area contributed by atoms with Gasteiger partial charge in [-0.2, -0.15) is 11.8 Å². The van der Waals surface area contributed by atoms with E-state index in [1.165, 1.54) is 0 Å². The van der Waals surface area contributed by atoms with E-state index in [9.17, 15) is 8.42 Å². The van der Waals surface area contributed by atoms with Crippen molar-refractivity contribution in [3.63, 3.8) is 0 Å². The fourth-order valence-electron chi connectivity index (χ4n) is 1.86. The maximum Gasteiger partial charge on any atom is 0.240 e. The van der Waals surface area contributed by atoms with Crippen molar-refractivity contribution in [3.05, 3.63) is 29.3 Å². The summed E-state index contributed by atoms with van der Waals surface area (Å²) >= 11 is 1.73. The fraction of sp³-hybridized carbons (Fsp3) is 0.571. The zero-order valence-corrected chi connectivity index (χ0v) is 14.0. The molecule has 0 radical (unpaired) electrons. The molecule has 20 heavy (non-hydrogen) atoms. The highest BCUT2D eigenvalue weighted by Gasteiger charge is 2.18. The summed E-state index contributed by atoms with van der Waals surface area (Å²) in [7, 11) is -3.45. The van der Waals surface area contributed by atoms with Crippen LogP contribution in [0.25, 0.3) is 0 Å². The van der Waals surface area contributed by atoms with Gasteiger partial charge in [0.2, 0.25) is 10.0 Å². The SMILES string of the molecule is CCc1ccc(CN)cc1S(=O)(=O)NCCC(C)SC. The molecule has 0 amide bonds. The molecule has 0 spiro atoms. The van der Waals surface area contributed by atoms with E-state index in [0.717, 1.165) is 17.5 Å². The quantitative estimate of drug-likeness (QED) is 0.770. The van der Waals surface area contributed by atoms with Crippen LogP contribution in [-0.2, 0) is 23.0 Å². The maximum atomic E-state index is 12.4. The minimum absolute atomic E-state index is 0.343. The molecule has 0 fully saturated rings. The largest absolute Gasteiger partial charge is 0.326 e. The smallest absolute Gasteiger partial charge is 0.240 e. The molecule has 6 heteroatoms. The summed E-state index contributed by atoms with van der Waals surface area (Å²) in [5.41, 5.74) is 7.25. The highest BCUT2D eigenvalue weighted by Crippen LogP contribution is 2.19. The minimum Gasteiger partial charge on any atom is -0.326 e. The molecule has 0 bridgehead atoms. The molecule has 1 rings (SSSR count). The van der Waals surface area contributed by atoms with Crippen LogP contribution in [0.3, 0.4) is 0 Å². The summed E-state index contributed by atoms with van der Waals surface area (Å²) in [6.45, 7) is 4.84. The highest BCUT2D eigenvalue weighted by atomic mass is 32.2. The third kappa shape index (κ3) is 4.77. The molecule has 1 atom stereocenters. The van der Waals surface area contributed by atoms with Crippen LogP contribution in [0.2, 0.25) is 0 Å². The van der Waals surface area contributed by atoms with Crippen molar-refractivity contribution in [3.8, 4) is 0 Å². The van der Waals surface area contributed by atoms with Crippen LogP contribution in [0, 0.1) is 0 Å². The monoisotopic (exact) mass is 316 g/mol. The summed E-state index contributed by atoms with van der Waals surface area (Å²) < 4.78 is 27.5. The van der Waals surface area contributed by atoms with Gasteiger partial charge in [0.25, 0.3) is 0 Å². The molecular formula is C14H24N2O2S2. The first-order chi connectivity index (χ1) is 9.44. The van der Waals surface area contributed by atoms with Crippen molar-refractivity contribution < 1.29 is 8.42 Å². The van der Waals surface area contributed by atoms with Gasteiger partial charge in [0, 0.05) is 18.3 Å². The van der Waals surface area contributed by atoms with Crippen molar-refractivity contribution in [2.75, 3.05) is 12.8 Å².